The summed E-state index contributed by atoms with van der Waals surface area (Å²) in [6.07, 6.45) is 1.73. The zero-order chi connectivity index (χ0) is 15.1. The minimum absolute atomic E-state index is 0.0356. The van der Waals surface area contributed by atoms with E-state index < -0.39 is 10.9 Å². The van der Waals surface area contributed by atoms with Gasteiger partial charge < -0.3 is 10.1 Å². The lowest BCUT2D eigenvalue weighted by Crippen LogP contribution is -2.16. The highest BCUT2D eigenvalue weighted by Gasteiger charge is 2.23. The van der Waals surface area contributed by atoms with Crippen molar-refractivity contribution >= 4 is 23.3 Å². The summed E-state index contributed by atoms with van der Waals surface area (Å²) in [6.45, 7) is 1.93. The number of ether oxygens (including phenoxy) is 1. The van der Waals surface area contributed by atoms with Gasteiger partial charge in [-0.1, -0.05) is 19.4 Å². The van der Waals surface area contributed by atoms with Crippen LogP contribution in [0.25, 0.3) is 0 Å². The van der Waals surface area contributed by atoms with E-state index in [0.717, 1.165) is 6.42 Å². The van der Waals surface area contributed by atoms with Crippen molar-refractivity contribution in [2.45, 2.75) is 26.2 Å². The van der Waals surface area contributed by atoms with Gasteiger partial charge in [-0.15, -0.1) is 0 Å². The molecule has 0 bridgehead atoms. The number of rotatable bonds is 6. The minimum Gasteiger partial charge on any atom is -0.465 e. The summed E-state index contributed by atoms with van der Waals surface area (Å²) in [5.41, 5.74) is -0.491. The first-order chi connectivity index (χ1) is 9.51. The number of carbonyl (C=O) groups is 2. The van der Waals surface area contributed by atoms with E-state index in [0.29, 0.717) is 6.42 Å². The molecule has 7 nitrogen and oxygen atoms in total. The van der Waals surface area contributed by atoms with E-state index in [4.69, 9.17) is 0 Å². The van der Waals surface area contributed by atoms with Crippen LogP contribution in [0.2, 0.25) is 0 Å². The topological polar surface area (TPSA) is 98.5 Å². The average Bonchev–Trinajstić information content (AvgIpc) is 2.44. The number of unbranched alkanes of at least 4 members (excludes halogenated alkanes) is 1. The highest BCUT2D eigenvalue weighted by atomic mass is 16.6. The number of benzene rings is 1. The van der Waals surface area contributed by atoms with E-state index in [1.807, 2.05) is 6.92 Å². The molecule has 0 saturated heterocycles. The largest absolute Gasteiger partial charge is 0.465 e. The maximum Gasteiger partial charge on any atom is 0.340 e. The second kappa shape index (κ2) is 7.22. The number of methoxy groups -OCH3 is 1. The average molecular weight is 280 g/mol. The van der Waals surface area contributed by atoms with Gasteiger partial charge in [0.2, 0.25) is 5.91 Å². The van der Waals surface area contributed by atoms with Crippen LogP contribution in [0.5, 0.6) is 0 Å². The van der Waals surface area contributed by atoms with Crippen molar-refractivity contribution in [3.05, 3.63) is 33.9 Å². The van der Waals surface area contributed by atoms with Crippen LogP contribution in [-0.4, -0.2) is 23.9 Å². The molecule has 0 aliphatic carbocycles. The molecular formula is C13H16N2O5. The maximum absolute atomic E-state index is 11.7. The van der Waals surface area contributed by atoms with Gasteiger partial charge in [0.15, 0.2) is 0 Å². The number of hydrogen-bond acceptors (Lipinski definition) is 5. The lowest BCUT2D eigenvalue weighted by atomic mass is 10.1. The van der Waals surface area contributed by atoms with E-state index >= 15 is 0 Å². The van der Waals surface area contributed by atoms with Crippen molar-refractivity contribution in [3.8, 4) is 0 Å². The van der Waals surface area contributed by atoms with Gasteiger partial charge in [-0.3, -0.25) is 14.9 Å². The standard InChI is InChI=1S/C13H16N2O5/c1-3-4-8-11(16)14-12-9(13(17)20-2)6-5-7-10(12)15(18)19/h5-7H,3-4,8H2,1-2H3,(H,14,16). The molecule has 0 spiro atoms. The third-order valence-corrected chi connectivity index (χ3v) is 2.67. The van der Waals surface area contributed by atoms with Crippen molar-refractivity contribution in [2.24, 2.45) is 0 Å². The van der Waals surface area contributed by atoms with E-state index in [1.165, 1.54) is 25.3 Å². The van der Waals surface area contributed by atoms with Crippen LogP contribution in [0.15, 0.2) is 18.2 Å². The Hall–Kier alpha value is -2.44. The molecule has 20 heavy (non-hydrogen) atoms. The molecule has 0 aliphatic rings. The fraction of sp³-hybridized carbons (Fsp3) is 0.385. The van der Waals surface area contributed by atoms with Gasteiger partial charge in [0.05, 0.1) is 17.6 Å². The van der Waals surface area contributed by atoms with Crippen LogP contribution in [0.1, 0.15) is 36.5 Å². The molecule has 1 rings (SSSR count). The first kappa shape index (κ1) is 15.6. The summed E-state index contributed by atoms with van der Waals surface area (Å²) in [4.78, 5) is 33.7. The number of anilines is 1. The summed E-state index contributed by atoms with van der Waals surface area (Å²) < 4.78 is 4.56. The van der Waals surface area contributed by atoms with Crippen LogP contribution in [0.3, 0.4) is 0 Å². The molecule has 1 aromatic carbocycles. The third-order valence-electron chi connectivity index (χ3n) is 2.67. The number of amides is 1. The van der Waals surface area contributed by atoms with Gasteiger partial charge in [-0.2, -0.15) is 0 Å². The molecule has 7 heteroatoms. The molecule has 1 N–H and O–H groups in total. The second-order valence-corrected chi connectivity index (χ2v) is 4.10. The molecule has 108 valence electrons. The Morgan fingerprint density at radius 3 is 2.65 bits per heavy atom. The number of nitro benzene ring substituents is 1. The van der Waals surface area contributed by atoms with Gasteiger partial charge in [0.25, 0.3) is 5.69 Å². The fourth-order valence-corrected chi connectivity index (χ4v) is 1.64. The zero-order valence-corrected chi connectivity index (χ0v) is 11.3. The summed E-state index contributed by atoms with van der Waals surface area (Å²) >= 11 is 0. The third kappa shape index (κ3) is 3.78. The quantitative estimate of drug-likeness (QED) is 0.490. The first-order valence-electron chi connectivity index (χ1n) is 6.16. The van der Waals surface area contributed by atoms with E-state index in [-0.39, 0.29) is 29.3 Å². The van der Waals surface area contributed by atoms with Gasteiger partial charge in [0, 0.05) is 12.5 Å². The van der Waals surface area contributed by atoms with Crippen molar-refractivity contribution in [3.63, 3.8) is 0 Å². The number of carbonyl (C=O) groups excluding carboxylic acids is 2. The van der Waals surface area contributed by atoms with Crippen LogP contribution in [0, 0.1) is 10.1 Å². The van der Waals surface area contributed by atoms with E-state index in [2.05, 4.69) is 10.1 Å². The van der Waals surface area contributed by atoms with Crippen LogP contribution >= 0.6 is 0 Å². The molecule has 0 saturated carbocycles. The Labute approximate surface area is 116 Å². The summed E-state index contributed by atoms with van der Waals surface area (Å²) in [5.74, 6) is -1.11. The molecule has 0 aromatic heterocycles. The molecule has 0 atom stereocenters. The minimum atomic E-state index is -0.737. The summed E-state index contributed by atoms with van der Waals surface area (Å²) in [5, 5.41) is 13.4. The highest BCUT2D eigenvalue weighted by molar-refractivity contribution is 6.03. The van der Waals surface area contributed by atoms with Gasteiger partial charge in [-0.25, -0.2) is 4.79 Å². The predicted octanol–water partition coefficient (Wildman–Crippen LogP) is 2.51. The zero-order valence-electron chi connectivity index (χ0n) is 11.3. The molecule has 1 amide bonds. The SMILES string of the molecule is CCCCC(=O)Nc1c(C(=O)OC)cccc1[N+](=O)[O-]. The smallest absolute Gasteiger partial charge is 0.340 e. The predicted molar refractivity (Wildman–Crippen MR) is 72.6 cm³/mol. The number of nitrogens with one attached hydrogen (secondary N) is 1. The molecule has 1 aromatic rings. The van der Waals surface area contributed by atoms with E-state index in [9.17, 15) is 19.7 Å². The number of esters is 1. The summed E-state index contributed by atoms with van der Waals surface area (Å²) in [7, 11) is 1.17. The monoisotopic (exact) mass is 280 g/mol. The van der Waals surface area contributed by atoms with Gasteiger partial charge in [0.1, 0.15) is 5.69 Å². The number of para-hydroxylation sites is 1. The Morgan fingerprint density at radius 2 is 2.10 bits per heavy atom. The Bertz CT molecular complexity index is 527. The van der Waals surface area contributed by atoms with E-state index in [1.54, 1.807) is 0 Å². The van der Waals surface area contributed by atoms with Crippen LogP contribution < -0.4 is 5.32 Å². The van der Waals surface area contributed by atoms with Crippen molar-refractivity contribution in [1.29, 1.82) is 0 Å². The molecule has 0 radical (unpaired) electrons. The molecule has 0 heterocycles. The van der Waals surface area contributed by atoms with Gasteiger partial charge in [-0.05, 0) is 12.5 Å². The first-order valence-corrected chi connectivity index (χ1v) is 6.16. The molecule has 0 fully saturated rings. The molecule has 0 aliphatic heterocycles. The summed E-state index contributed by atoms with van der Waals surface area (Å²) in [6, 6.07) is 3.96. The number of nitrogens with zero attached hydrogens (tertiary/aromatic N) is 1. The highest BCUT2D eigenvalue weighted by Crippen LogP contribution is 2.29. The lowest BCUT2D eigenvalue weighted by molar-refractivity contribution is -0.384. The number of hydrogen-bond donors (Lipinski definition) is 1. The normalized spacial score (nSPS) is 9.90. The van der Waals surface area contributed by atoms with Gasteiger partial charge >= 0.3 is 5.97 Å². The van der Waals surface area contributed by atoms with Crippen molar-refractivity contribution in [1.82, 2.24) is 0 Å². The lowest BCUT2D eigenvalue weighted by Gasteiger charge is -2.10. The number of nitro groups is 1. The van der Waals surface area contributed by atoms with Crippen LogP contribution in [-0.2, 0) is 9.53 Å². The second-order valence-electron chi connectivity index (χ2n) is 4.10. The van der Waals surface area contributed by atoms with Crippen molar-refractivity contribution < 1.29 is 19.2 Å². The Morgan fingerprint density at radius 1 is 1.40 bits per heavy atom. The molecule has 0 unspecified atom stereocenters. The Kier molecular flexibility index (Phi) is 5.64. The molecular weight excluding hydrogens is 264 g/mol. The van der Waals surface area contributed by atoms with Crippen LogP contribution in [0.4, 0.5) is 11.4 Å². The fourth-order valence-electron chi connectivity index (χ4n) is 1.64. The maximum atomic E-state index is 11.7. The Balaban J connectivity index is 3.15. The van der Waals surface area contributed by atoms with Crippen molar-refractivity contribution in [2.75, 3.05) is 12.4 Å².